The van der Waals surface area contributed by atoms with Crippen LogP contribution in [0.5, 0.6) is 5.75 Å². The summed E-state index contributed by atoms with van der Waals surface area (Å²) in [6.45, 7) is 3.35. The number of aliphatic hydroxyl groups excluding tert-OH is 1. The minimum atomic E-state index is -1.13. The maximum Gasteiger partial charge on any atom is 0.128 e. The van der Waals surface area contributed by atoms with Crippen LogP contribution < -0.4 is 9.64 Å². The molecule has 1 aliphatic carbocycles. The first kappa shape index (κ1) is 26.2. The van der Waals surface area contributed by atoms with Crippen molar-refractivity contribution in [3.63, 3.8) is 0 Å². The number of nitrogens with zero attached hydrogens (tertiary/aromatic N) is 3. The molecule has 1 aromatic heterocycles. The lowest BCUT2D eigenvalue weighted by Gasteiger charge is -2.41. The molecular weight excluding hydrogens is 441 g/mol. The number of methoxy groups -OCH3 is 1. The van der Waals surface area contributed by atoms with E-state index < -0.39 is 6.17 Å². The third-order valence-corrected chi connectivity index (χ3v) is 8.65. The van der Waals surface area contributed by atoms with Crippen molar-refractivity contribution in [1.82, 2.24) is 9.88 Å². The minimum Gasteiger partial charge on any atom is -0.497 e. The second kappa shape index (κ2) is 11.9. The van der Waals surface area contributed by atoms with E-state index in [1.54, 1.807) is 13.3 Å². The Kier molecular flexibility index (Phi) is 8.87. The molecule has 1 aliphatic heterocycles. The normalized spacial score (nSPS) is 20.1. The molecule has 2 aliphatic rings. The second-order valence-corrected chi connectivity index (χ2v) is 11.1. The molecule has 194 valence electrons. The Morgan fingerprint density at radius 3 is 2.60 bits per heavy atom. The van der Waals surface area contributed by atoms with Gasteiger partial charge in [0.1, 0.15) is 11.9 Å². The van der Waals surface area contributed by atoms with Crippen LogP contribution in [0.15, 0.2) is 24.4 Å². The van der Waals surface area contributed by atoms with Crippen LogP contribution in [0.1, 0.15) is 75.9 Å². The van der Waals surface area contributed by atoms with Crippen molar-refractivity contribution in [3.05, 3.63) is 30.0 Å². The highest BCUT2D eigenvalue weighted by Crippen LogP contribution is 2.42. The number of anilines is 1. The number of piperidine rings is 1. The number of pyridine rings is 1. The monoisotopic (exact) mass is 485 g/mol. The molecule has 0 amide bonds. The summed E-state index contributed by atoms with van der Waals surface area (Å²) in [5.74, 6) is 1.61. The summed E-state index contributed by atoms with van der Waals surface area (Å²) in [5, 5.41) is 11.2. The van der Waals surface area contributed by atoms with Crippen molar-refractivity contribution >= 4 is 16.6 Å². The van der Waals surface area contributed by atoms with Crippen LogP contribution in [0, 0.1) is 11.3 Å². The van der Waals surface area contributed by atoms with Crippen LogP contribution in [-0.4, -0.2) is 62.4 Å². The molecule has 1 saturated carbocycles. The van der Waals surface area contributed by atoms with Gasteiger partial charge in [0.15, 0.2) is 0 Å². The van der Waals surface area contributed by atoms with Crippen molar-refractivity contribution in [2.45, 2.75) is 70.4 Å². The van der Waals surface area contributed by atoms with Crippen LogP contribution in [-0.2, 0) is 0 Å². The first-order valence-electron chi connectivity index (χ1n) is 13.6. The molecule has 2 aromatic rings. The summed E-state index contributed by atoms with van der Waals surface area (Å²) in [6.07, 6.45) is 12.0. The fraction of sp³-hybridized carbons (Fsp3) is 0.690. The molecule has 0 unspecified atom stereocenters. The average Bonchev–Trinajstić information content (AvgIpc) is 2.90. The Balaban J connectivity index is 1.40. The molecule has 0 spiro atoms. The number of fused-ring (bicyclic) bond motifs is 1. The number of halogens is 1. The number of rotatable bonds is 10. The van der Waals surface area contributed by atoms with Gasteiger partial charge in [0.25, 0.3) is 0 Å². The smallest absolute Gasteiger partial charge is 0.128 e. The Morgan fingerprint density at radius 2 is 1.94 bits per heavy atom. The van der Waals surface area contributed by atoms with E-state index in [4.69, 9.17) is 4.74 Å². The highest BCUT2D eigenvalue weighted by Gasteiger charge is 2.35. The summed E-state index contributed by atoms with van der Waals surface area (Å²) in [7, 11) is 5.48. The lowest BCUT2D eigenvalue weighted by Crippen LogP contribution is -2.42. The molecule has 1 aromatic carbocycles. The Labute approximate surface area is 210 Å². The quantitative estimate of drug-likeness (QED) is 0.438. The highest BCUT2D eigenvalue weighted by atomic mass is 19.1. The lowest BCUT2D eigenvalue weighted by atomic mass is 9.74. The molecule has 1 N–H and O–H groups in total. The van der Waals surface area contributed by atoms with Gasteiger partial charge in [-0.05, 0) is 81.3 Å². The van der Waals surface area contributed by atoms with E-state index in [1.807, 2.05) is 37.2 Å². The van der Waals surface area contributed by atoms with Gasteiger partial charge in [0.05, 0.1) is 24.5 Å². The second-order valence-electron chi connectivity index (χ2n) is 11.1. The van der Waals surface area contributed by atoms with Crippen molar-refractivity contribution < 1.29 is 14.2 Å². The predicted octanol–water partition coefficient (Wildman–Crippen LogP) is 6.15. The summed E-state index contributed by atoms with van der Waals surface area (Å²) in [6, 6.07) is 5.65. The summed E-state index contributed by atoms with van der Waals surface area (Å²) < 4.78 is 21.4. The van der Waals surface area contributed by atoms with Crippen LogP contribution in [0.25, 0.3) is 10.9 Å². The minimum absolute atomic E-state index is 0.141. The zero-order valence-corrected chi connectivity index (χ0v) is 21.9. The molecular formula is C29H44FN3O2. The summed E-state index contributed by atoms with van der Waals surface area (Å²) >= 11 is 0. The highest BCUT2D eigenvalue weighted by molar-refractivity contribution is 5.88. The first-order chi connectivity index (χ1) is 16.9. The van der Waals surface area contributed by atoms with Gasteiger partial charge < -0.3 is 19.6 Å². The lowest BCUT2D eigenvalue weighted by molar-refractivity contribution is 0.0282. The number of ether oxygens (including phenoxy) is 1. The fourth-order valence-electron chi connectivity index (χ4n) is 6.15. The van der Waals surface area contributed by atoms with Gasteiger partial charge >= 0.3 is 0 Å². The summed E-state index contributed by atoms with van der Waals surface area (Å²) in [5.41, 5.74) is 2.08. The van der Waals surface area contributed by atoms with Gasteiger partial charge in [-0.15, -0.1) is 0 Å². The number of aliphatic hydroxyl groups is 1. The van der Waals surface area contributed by atoms with E-state index in [0.29, 0.717) is 24.2 Å². The van der Waals surface area contributed by atoms with Crippen molar-refractivity contribution in [3.8, 4) is 5.75 Å². The van der Waals surface area contributed by atoms with Crippen LogP contribution in [0.3, 0.4) is 0 Å². The van der Waals surface area contributed by atoms with Gasteiger partial charge in [-0.1, -0.05) is 32.1 Å². The van der Waals surface area contributed by atoms with Gasteiger partial charge in [0.2, 0.25) is 0 Å². The van der Waals surface area contributed by atoms with Crippen molar-refractivity contribution in [1.29, 1.82) is 0 Å². The SMILES string of the molecule is COc1ccc2ncc(N(C)C)c([C@H](F)CCC3(CO)CCN(CCC4CCCCC4)CC3)c2c1. The van der Waals surface area contributed by atoms with Crippen LogP contribution in [0.2, 0.25) is 0 Å². The fourth-order valence-corrected chi connectivity index (χ4v) is 6.15. The Bertz CT molecular complexity index is 952. The van der Waals surface area contributed by atoms with Crippen molar-refractivity contribution in [2.75, 3.05) is 52.3 Å². The Morgan fingerprint density at radius 1 is 1.20 bits per heavy atom. The third-order valence-electron chi connectivity index (χ3n) is 8.65. The molecule has 1 atom stereocenters. The molecule has 1 saturated heterocycles. The largest absolute Gasteiger partial charge is 0.497 e. The van der Waals surface area contributed by atoms with E-state index in [1.165, 1.54) is 45.1 Å². The number of hydrogen-bond donors (Lipinski definition) is 1. The van der Waals surface area contributed by atoms with Crippen molar-refractivity contribution in [2.24, 2.45) is 11.3 Å². The van der Waals surface area contributed by atoms with E-state index >= 15 is 4.39 Å². The van der Waals surface area contributed by atoms with Gasteiger partial charge in [-0.2, -0.15) is 0 Å². The maximum absolute atomic E-state index is 16.0. The van der Waals surface area contributed by atoms with E-state index in [0.717, 1.165) is 48.4 Å². The number of hydrogen-bond acceptors (Lipinski definition) is 5. The zero-order valence-electron chi connectivity index (χ0n) is 21.9. The van der Waals surface area contributed by atoms with Gasteiger partial charge in [0, 0.05) is 31.7 Å². The Hall–Kier alpha value is -1.92. The van der Waals surface area contributed by atoms with Gasteiger partial charge in [-0.25, -0.2) is 4.39 Å². The number of likely N-dealkylation sites (tertiary alicyclic amines) is 1. The molecule has 6 heteroatoms. The molecule has 0 radical (unpaired) electrons. The molecule has 35 heavy (non-hydrogen) atoms. The molecule has 4 rings (SSSR count). The predicted molar refractivity (Wildman–Crippen MR) is 142 cm³/mol. The zero-order chi connectivity index (χ0) is 24.8. The third kappa shape index (κ3) is 6.26. The molecule has 5 nitrogen and oxygen atoms in total. The first-order valence-corrected chi connectivity index (χ1v) is 13.6. The van der Waals surface area contributed by atoms with E-state index in [9.17, 15) is 5.11 Å². The van der Waals surface area contributed by atoms with E-state index in [2.05, 4.69) is 9.88 Å². The standard InChI is InChI=1S/C29H44FN3O2/c1-32(2)27-20-31-26-10-9-23(35-3)19-24(26)28(27)25(30)11-13-29(21-34)14-17-33(18-15-29)16-12-22-7-5-4-6-8-22/h9-10,19-20,22,25,34H,4-8,11-18,21H2,1-3H3/t25-/m1/s1. The van der Waals surface area contributed by atoms with E-state index in [-0.39, 0.29) is 12.0 Å². The van der Waals surface area contributed by atoms with Crippen LogP contribution >= 0.6 is 0 Å². The average molecular weight is 486 g/mol. The van der Waals surface area contributed by atoms with Crippen LogP contribution in [0.4, 0.5) is 10.1 Å². The molecule has 0 bridgehead atoms. The summed E-state index contributed by atoms with van der Waals surface area (Å²) in [4.78, 5) is 9.05. The molecule has 2 heterocycles. The number of alkyl halides is 1. The maximum atomic E-state index is 16.0. The number of aromatic nitrogens is 1. The topological polar surface area (TPSA) is 48.8 Å². The van der Waals surface area contributed by atoms with Gasteiger partial charge in [-0.3, -0.25) is 4.98 Å². The number of benzene rings is 1. The molecule has 2 fully saturated rings.